The summed E-state index contributed by atoms with van der Waals surface area (Å²) in [6.45, 7) is 7.12. The van der Waals surface area contributed by atoms with Crippen molar-refractivity contribution in [1.82, 2.24) is 20.0 Å². The van der Waals surface area contributed by atoms with E-state index in [0.717, 1.165) is 52.2 Å². The predicted octanol–water partition coefficient (Wildman–Crippen LogP) is -0.308. The molecule has 0 saturated carbocycles. The first kappa shape index (κ1) is 15.4. The molecule has 0 spiro atoms. The summed E-state index contributed by atoms with van der Waals surface area (Å²) in [6, 6.07) is 0. The lowest BCUT2D eigenvalue weighted by molar-refractivity contribution is -0.121. The molecule has 1 aliphatic rings. The van der Waals surface area contributed by atoms with Gasteiger partial charge in [-0.2, -0.15) is 0 Å². The number of carbonyl (C=O) groups is 1. The van der Waals surface area contributed by atoms with Crippen LogP contribution < -0.4 is 5.32 Å². The van der Waals surface area contributed by atoms with Gasteiger partial charge in [0.05, 0.1) is 0 Å². The van der Waals surface area contributed by atoms with Crippen LogP contribution in [-0.4, -0.2) is 87.6 Å². The van der Waals surface area contributed by atoms with E-state index in [-0.39, 0.29) is 5.91 Å². The highest BCUT2D eigenvalue weighted by Gasteiger charge is 2.14. The molecule has 1 N–H and O–H groups in total. The number of hydrogen-bond acceptors (Lipinski definition) is 4. The zero-order chi connectivity index (χ0) is 13.4. The number of nitrogens with one attached hydrogen (secondary N) is 1. The lowest BCUT2D eigenvalue weighted by Crippen LogP contribution is -2.45. The molecule has 1 rings (SSSR count). The molecule has 0 atom stereocenters. The van der Waals surface area contributed by atoms with Crippen molar-refractivity contribution in [2.75, 3.05) is 67.0 Å². The van der Waals surface area contributed by atoms with E-state index in [2.05, 4.69) is 41.2 Å². The smallest absolute Gasteiger partial charge is 0.221 e. The van der Waals surface area contributed by atoms with Crippen LogP contribution in [0.1, 0.15) is 12.8 Å². The standard InChI is InChI=1S/C13H28N4O/c1-15(2)7-4-6-14-13(18)5-8-17-11-9-16(3)10-12-17/h4-12H2,1-3H3,(H,14,18). The van der Waals surface area contributed by atoms with Gasteiger partial charge in [0, 0.05) is 45.7 Å². The zero-order valence-corrected chi connectivity index (χ0v) is 12.1. The highest BCUT2D eigenvalue weighted by Crippen LogP contribution is 1.99. The molecular weight excluding hydrogens is 228 g/mol. The van der Waals surface area contributed by atoms with Gasteiger partial charge in [0.25, 0.3) is 0 Å². The van der Waals surface area contributed by atoms with Gasteiger partial charge in [-0.1, -0.05) is 0 Å². The Morgan fingerprint density at radius 1 is 1.22 bits per heavy atom. The second kappa shape index (κ2) is 8.45. The SMILES string of the molecule is CN(C)CCCNC(=O)CCN1CCN(C)CC1. The molecule has 0 radical (unpaired) electrons. The normalized spacial score (nSPS) is 18.2. The van der Waals surface area contributed by atoms with E-state index < -0.39 is 0 Å². The maximum atomic E-state index is 11.6. The Labute approximate surface area is 111 Å². The summed E-state index contributed by atoms with van der Waals surface area (Å²) < 4.78 is 0. The van der Waals surface area contributed by atoms with Gasteiger partial charge in [-0.3, -0.25) is 4.79 Å². The van der Waals surface area contributed by atoms with E-state index in [9.17, 15) is 4.79 Å². The first-order valence-electron chi connectivity index (χ1n) is 6.90. The van der Waals surface area contributed by atoms with Crippen LogP contribution in [0.4, 0.5) is 0 Å². The van der Waals surface area contributed by atoms with Crippen molar-refractivity contribution in [2.45, 2.75) is 12.8 Å². The molecule has 5 heteroatoms. The van der Waals surface area contributed by atoms with Crippen LogP contribution in [-0.2, 0) is 4.79 Å². The molecule has 0 unspecified atom stereocenters. The molecule has 0 aromatic carbocycles. The molecule has 5 nitrogen and oxygen atoms in total. The number of carbonyl (C=O) groups excluding carboxylic acids is 1. The summed E-state index contributed by atoms with van der Waals surface area (Å²) in [5.41, 5.74) is 0. The van der Waals surface area contributed by atoms with Gasteiger partial charge in [-0.15, -0.1) is 0 Å². The first-order valence-corrected chi connectivity index (χ1v) is 6.90. The highest BCUT2D eigenvalue weighted by molar-refractivity contribution is 5.75. The van der Waals surface area contributed by atoms with Gasteiger partial charge in [-0.25, -0.2) is 0 Å². The summed E-state index contributed by atoms with van der Waals surface area (Å²) in [7, 11) is 6.25. The van der Waals surface area contributed by atoms with Crippen LogP contribution in [0.15, 0.2) is 0 Å². The molecule has 1 amide bonds. The summed E-state index contributed by atoms with van der Waals surface area (Å²) in [5.74, 6) is 0.188. The number of hydrogen-bond donors (Lipinski definition) is 1. The minimum Gasteiger partial charge on any atom is -0.356 e. The monoisotopic (exact) mass is 256 g/mol. The van der Waals surface area contributed by atoms with Gasteiger partial charge in [0.2, 0.25) is 5.91 Å². The average Bonchev–Trinajstić information content (AvgIpc) is 2.34. The maximum absolute atomic E-state index is 11.6. The Morgan fingerprint density at radius 2 is 1.89 bits per heavy atom. The molecule has 0 aliphatic carbocycles. The van der Waals surface area contributed by atoms with Gasteiger partial charge in [-0.05, 0) is 34.1 Å². The van der Waals surface area contributed by atoms with Crippen molar-refractivity contribution >= 4 is 5.91 Å². The van der Waals surface area contributed by atoms with Gasteiger partial charge >= 0.3 is 0 Å². The van der Waals surface area contributed by atoms with Crippen molar-refractivity contribution in [3.05, 3.63) is 0 Å². The average molecular weight is 256 g/mol. The van der Waals surface area contributed by atoms with Crippen LogP contribution in [0.5, 0.6) is 0 Å². The second-order valence-corrected chi connectivity index (χ2v) is 5.40. The van der Waals surface area contributed by atoms with Gasteiger partial charge < -0.3 is 20.0 Å². The number of nitrogens with zero attached hydrogens (tertiary/aromatic N) is 3. The Hall–Kier alpha value is -0.650. The number of likely N-dealkylation sites (N-methyl/N-ethyl adjacent to an activating group) is 1. The third-order valence-electron chi connectivity index (χ3n) is 3.36. The van der Waals surface area contributed by atoms with E-state index in [4.69, 9.17) is 0 Å². The molecule has 0 bridgehead atoms. The summed E-state index contributed by atoms with van der Waals surface area (Å²) in [5, 5.41) is 2.98. The lowest BCUT2D eigenvalue weighted by Gasteiger charge is -2.32. The van der Waals surface area contributed by atoms with Crippen LogP contribution in [0.3, 0.4) is 0 Å². The van der Waals surface area contributed by atoms with Crippen LogP contribution in [0.25, 0.3) is 0 Å². The maximum Gasteiger partial charge on any atom is 0.221 e. The molecule has 1 fully saturated rings. The molecule has 106 valence electrons. The molecular formula is C13H28N4O. The largest absolute Gasteiger partial charge is 0.356 e. The van der Waals surface area contributed by atoms with Crippen molar-refractivity contribution < 1.29 is 4.79 Å². The number of piperazine rings is 1. The Morgan fingerprint density at radius 3 is 2.50 bits per heavy atom. The molecule has 1 saturated heterocycles. The van der Waals surface area contributed by atoms with Crippen LogP contribution in [0.2, 0.25) is 0 Å². The lowest BCUT2D eigenvalue weighted by atomic mass is 10.3. The fourth-order valence-electron chi connectivity index (χ4n) is 2.04. The van der Waals surface area contributed by atoms with Crippen molar-refractivity contribution in [3.63, 3.8) is 0 Å². The number of rotatable bonds is 7. The molecule has 1 aliphatic heterocycles. The van der Waals surface area contributed by atoms with Crippen LogP contribution in [0, 0.1) is 0 Å². The van der Waals surface area contributed by atoms with E-state index in [1.807, 2.05) is 0 Å². The van der Waals surface area contributed by atoms with E-state index in [1.165, 1.54) is 0 Å². The summed E-state index contributed by atoms with van der Waals surface area (Å²) in [6.07, 6.45) is 1.65. The third-order valence-corrected chi connectivity index (χ3v) is 3.36. The van der Waals surface area contributed by atoms with E-state index in [0.29, 0.717) is 6.42 Å². The zero-order valence-electron chi connectivity index (χ0n) is 12.1. The first-order chi connectivity index (χ1) is 8.58. The fourth-order valence-corrected chi connectivity index (χ4v) is 2.04. The van der Waals surface area contributed by atoms with E-state index >= 15 is 0 Å². The predicted molar refractivity (Wildman–Crippen MR) is 74.7 cm³/mol. The fraction of sp³-hybridized carbons (Fsp3) is 0.923. The van der Waals surface area contributed by atoms with Gasteiger partial charge in [0.15, 0.2) is 0 Å². The second-order valence-electron chi connectivity index (χ2n) is 5.40. The molecule has 18 heavy (non-hydrogen) atoms. The Bertz CT molecular complexity index is 237. The molecule has 1 heterocycles. The highest BCUT2D eigenvalue weighted by atomic mass is 16.1. The minimum atomic E-state index is 0.188. The molecule has 0 aromatic heterocycles. The van der Waals surface area contributed by atoms with Crippen molar-refractivity contribution in [2.24, 2.45) is 0 Å². The minimum absolute atomic E-state index is 0.188. The van der Waals surface area contributed by atoms with Crippen molar-refractivity contribution in [1.29, 1.82) is 0 Å². The summed E-state index contributed by atoms with van der Waals surface area (Å²) in [4.78, 5) is 18.5. The quantitative estimate of drug-likeness (QED) is 0.634. The van der Waals surface area contributed by atoms with Crippen molar-refractivity contribution in [3.8, 4) is 0 Å². The van der Waals surface area contributed by atoms with Crippen LogP contribution >= 0.6 is 0 Å². The molecule has 0 aromatic rings. The Kier molecular flexibility index (Phi) is 7.23. The van der Waals surface area contributed by atoms with Gasteiger partial charge in [0.1, 0.15) is 0 Å². The number of amides is 1. The third kappa shape index (κ3) is 6.93. The topological polar surface area (TPSA) is 38.8 Å². The summed E-state index contributed by atoms with van der Waals surface area (Å²) >= 11 is 0. The van der Waals surface area contributed by atoms with E-state index in [1.54, 1.807) is 0 Å². The Balaban J connectivity index is 1.99.